The van der Waals surface area contributed by atoms with Gasteiger partial charge in [0.1, 0.15) is 13.2 Å². The minimum Gasteiger partial charge on any atom is -0.486 e. The number of carbonyl (C=O) groups is 1. The Bertz CT molecular complexity index is 857. The van der Waals surface area contributed by atoms with E-state index < -0.39 is 0 Å². The molecule has 1 amide bonds. The summed E-state index contributed by atoms with van der Waals surface area (Å²) in [6.07, 6.45) is 2.15. The van der Waals surface area contributed by atoms with Gasteiger partial charge in [0.25, 0.3) is 0 Å². The maximum absolute atomic E-state index is 12.8. The standard InChI is InChI=1S/C22H25BrN2O3/c1-24(14-17-5-2-3-6-18(17)23)22(26)15-25-10-4-7-19(25)16-8-9-20-21(13-16)28-12-11-27-20/h2-3,5-6,8-9,13,19H,4,7,10-12,14-15H2,1H3. The van der Waals surface area contributed by atoms with Crippen LogP contribution < -0.4 is 9.47 Å². The normalized spacial score (nSPS) is 18.9. The summed E-state index contributed by atoms with van der Waals surface area (Å²) in [5.74, 6) is 1.76. The lowest BCUT2D eigenvalue weighted by atomic mass is 10.0. The molecule has 6 heteroatoms. The highest BCUT2D eigenvalue weighted by molar-refractivity contribution is 9.10. The van der Waals surface area contributed by atoms with E-state index in [9.17, 15) is 4.79 Å². The Hall–Kier alpha value is -2.05. The monoisotopic (exact) mass is 444 g/mol. The van der Waals surface area contributed by atoms with Gasteiger partial charge in [0.2, 0.25) is 5.91 Å². The number of hydrogen-bond acceptors (Lipinski definition) is 4. The van der Waals surface area contributed by atoms with E-state index in [-0.39, 0.29) is 11.9 Å². The number of likely N-dealkylation sites (tertiary alicyclic amines) is 1. The summed E-state index contributed by atoms with van der Waals surface area (Å²) in [7, 11) is 1.87. The van der Waals surface area contributed by atoms with Gasteiger partial charge in [-0.2, -0.15) is 0 Å². The molecule has 148 valence electrons. The van der Waals surface area contributed by atoms with Crippen molar-refractivity contribution in [2.45, 2.75) is 25.4 Å². The van der Waals surface area contributed by atoms with Gasteiger partial charge in [-0.3, -0.25) is 9.69 Å². The summed E-state index contributed by atoms with van der Waals surface area (Å²) in [5.41, 5.74) is 2.31. The van der Waals surface area contributed by atoms with E-state index in [0.29, 0.717) is 26.3 Å². The minimum absolute atomic E-state index is 0.139. The number of fused-ring (bicyclic) bond motifs is 1. The number of halogens is 1. The van der Waals surface area contributed by atoms with Crippen LogP contribution in [0.15, 0.2) is 46.9 Å². The smallest absolute Gasteiger partial charge is 0.236 e. The number of benzene rings is 2. The number of likely N-dealkylation sites (N-methyl/N-ethyl adjacent to an activating group) is 1. The molecule has 0 saturated carbocycles. The molecule has 0 radical (unpaired) electrons. The van der Waals surface area contributed by atoms with Crippen LogP contribution in [0.1, 0.15) is 30.0 Å². The minimum atomic E-state index is 0.139. The maximum Gasteiger partial charge on any atom is 0.236 e. The number of rotatable bonds is 5. The Balaban J connectivity index is 1.42. The van der Waals surface area contributed by atoms with Crippen molar-refractivity contribution >= 4 is 21.8 Å². The first-order valence-corrected chi connectivity index (χ1v) is 10.5. The zero-order chi connectivity index (χ0) is 19.5. The highest BCUT2D eigenvalue weighted by Crippen LogP contribution is 2.38. The summed E-state index contributed by atoms with van der Waals surface area (Å²) >= 11 is 3.56. The third-order valence-corrected chi connectivity index (χ3v) is 6.22. The highest BCUT2D eigenvalue weighted by Gasteiger charge is 2.29. The molecule has 0 aliphatic carbocycles. The molecule has 4 rings (SSSR count). The molecule has 5 nitrogen and oxygen atoms in total. The molecule has 0 aromatic heterocycles. The quantitative estimate of drug-likeness (QED) is 0.698. The SMILES string of the molecule is CN(Cc1ccccc1Br)C(=O)CN1CCCC1c1ccc2c(c1)OCCO2. The number of nitrogens with zero attached hydrogens (tertiary/aromatic N) is 2. The summed E-state index contributed by atoms with van der Waals surface area (Å²) in [6.45, 7) is 3.15. The van der Waals surface area contributed by atoms with Gasteiger partial charge in [0.15, 0.2) is 11.5 Å². The Morgan fingerprint density at radius 1 is 1.18 bits per heavy atom. The second-order valence-corrected chi connectivity index (χ2v) is 8.23. The van der Waals surface area contributed by atoms with Crippen LogP contribution in [-0.4, -0.2) is 49.1 Å². The van der Waals surface area contributed by atoms with Gasteiger partial charge in [-0.1, -0.05) is 40.2 Å². The van der Waals surface area contributed by atoms with Crippen molar-refractivity contribution in [3.63, 3.8) is 0 Å². The van der Waals surface area contributed by atoms with Gasteiger partial charge < -0.3 is 14.4 Å². The first-order valence-electron chi connectivity index (χ1n) is 9.73. The van der Waals surface area contributed by atoms with E-state index in [1.807, 2.05) is 37.4 Å². The van der Waals surface area contributed by atoms with Gasteiger partial charge in [0.05, 0.1) is 6.54 Å². The predicted molar refractivity (Wildman–Crippen MR) is 112 cm³/mol. The molecule has 2 aromatic carbocycles. The molecule has 1 atom stereocenters. The fraction of sp³-hybridized carbons (Fsp3) is 0.409. The van der Waals surface area contributed by atoms with Gasteiger partial charge in [-0.25, -0.2) is 0 Å². The molecule has 28 heavy (non-hydrogen) atoms. The largest absolute Gasteiger partial charge is 0.486 e. The van der Waals surface area contributed by atoms with Crippen molar-refractivity contribution < 1.29 is 14.3 Å². The third-order valence-electron chi connectivity index (χ3n) is 5.44. The van der Waals surface area contributed by atoms with Crippen molar-refractivity contribution in [3.05, 3.63) is 58.1 Å². The van der Waals surface area contributed by atoms with Crippen molar-refractivity contribution in [3.8, 4) is 11.5 Å². The molecule has 2 heterocycles. The molecule has 2 aliphatic rings. The maximum atomic E-state index is 12.8. The predicted octanol–water partition coefficient (Wildman–Crippen LogP) is 4.02. The molecule has 1 saturated heterocycles. The van der Waals surface area contributed by atoms with Crippen LogP contribution >= 0.6 is 15.9 Å². The zero-order valence-corrected chi connectivity index (χ0v) is 17.7. The van der Waals surface area contributed by atoms with E-state index in [4.69, 9.17) is 9.47 Å². The molecule has 1 fully saturated rings. The molecular formula is C22H25BrN2O3. The van der Waals surface area contributed by atoms with Crippen molar-refractivity contribution in [2.75, 3.05) is 33.4 Å². The average molecular weight is 445 g/mol. The summed E-state index contributed by atoms with van der Waals surface area (Å²) in [4.78, 5) is 16.9. The van der Waals surface area contributed by atoms with Crippen LogP contribution in [0.3, 0.4) is 0 Å². The van der Waals surface area contributed by atoms with E-state index >= 15 is 0 Å². The number of amides is 1. The molecule has 0 N–H and O–H groups in total. The lowest BCUT2D eigenvalue weighted by molar-refractivity contribution is -0.131. The van der Waals surface area contributed by atoms with Gasteiger partial charge in [0, 0.05) is 24.1 Å². The van der Waals surface area contributed by atoms with E-state index in [0.717, 1.165) is 40.9 Å². The Kier molecular flexibility index (Phi) is 5.87. The number of carbonyl (C=O) groups excluding carboxylic acids is 1. The van der Waals surface area contributed by atoms with Crippen LogP contribution in [0, 0.1) is 0 Å². The summed E-state index contributed by atoms with van der Waals surface area (Å²) < 4.78 is 12.4. The van der Waals surface area contributed by atoms with Crippen LogP contribution in [0.5, 0.6) is 11.5 Å². The van der Waals surface area contributed by atoms with Gasteiger partial charge >= 0.3 is 0 Å². The molecule has 0 spiro atoms. The van der Waals surface area contributed by atoms with Crippen molar-refractivity contribution in [1.29, 1.82) is 0 Å². The molecule has 0 bridgehead atoms. The number of ether oxygens (including phenoxy) is 2. The highest BCUT2D eigenvalue weighted by atomic mass is 79.9. The zero-order valence-electron chi connectivity index (χ0n) is 16.1. The Labute approximate surface area is 174 Å². The molecule has 2 aromatic rings. The topological polar surface area (TPSA) is 42.0 Å². The lowest BCUT2D eigenvalue weighted by Gasteiger charge is -2.28. The van der Waals surface area contributed by atoms with Gasteiger partial charge in [-0.15, -0.1) is 0 Å². The van der Waals surface area contributed by atoms with Crippen LogP contribution in [0.25, 0.3) is 0 Å². The molecule has 2 aliphatic heterocycles. The van der Waals surface area contributed by atoms with Crippen LogP contribution in [-0.2, 0) is 11.3 Å². The fourth-order valence-electron chi connectivity index (χ4n) is 3.92. The summed E-state index contributed by atoms with van der Waals surface area (Å²) in [6, 6.07) is 14.4. The first kappa shape index (κ1) is 19.3. The van der Waals surface area contributed by atoms with Crippen LogP contribution in [0.2, 0.25) is 0 Å². The Morgan fingerprint density at radius 2 is 1.96 bits per heavy atom. The van der Waals surface area contributed by atoms with Crippen molar-refractivity contribution in [2.24, 2.45) is 0 Å². The van der Waals surface area contributed by atoms with E-state index in [2.05, 4.69) is 33.0 Å². The molecule has 1 unspecified atom stereocenters. The summed E-state index contributed by atoms with van der Waals surface area (Å²) in [5, 5.41) is 0. The third kappa shape index (κ3) is 4.18. The van der Waals surface area contributed by atoms with Crippen molar-refractivity contribution in [1.82, 2.24) is 9.80 Å². The first-order chi connectivity index (χ1) is 13.6. The Morgan fingerprint density at radius 3 is 2.79 bits per heavy atom. The second kappa shape index (κ2) is 8.53. The molecular weight excluding hydrogens is 420 g/mol. The number of hydrogen-bond donors (Lipinski definition) is 0. The van der Waals surface area contributed by atoms with Gasteiger partial charge in [-0.05, 0) is 48.7 Å². The van der Waals surface area contributed by atoms with E-state index in [1.54, 1.807) is 4.90 Å². The van der Waals surface area contributed by atoms with Crippen LogP contribution in [0.4, 0.5) is 0 Å². The fourth-order valence-corrected chi connectivity index (χ4v) is 4.34. The van der Waals surface area contributed by atoms with E-state index in [1.165, 1.54) is 5.56 Å². The average Bonchev–Trinajstić information content (AvgIpc) is 3.17. The lowest BCUT2D eigenvalue weighted by Crippen LogP contribution is -2.37. The second-order valence-electron chi connectivity index (χ2n) is 7.37.